The number of amides is 3. The van der Waals surface area contributed by atoms with E-state index in [1.165, 1.54) is 11.3 Å². The number of fused-ring (bicyclic) bond motifs is 6. The van der Waals surface area contributed by atoms with Crippen LogP contribution in [0.3, 0.4) is 0 Å². The summed E-state index contributed by atoms with van der Waals surface area (Å²) in [7, 11) is 3.27. The van der Waals surface area contributed by atoms with Crippen LogP contribution in [0, 0.1) is 18.8 Å². The Balaban J connectivity index is 1.20. The molecule has 3 amide bonds. The van der Waals surface area contributed by atoms with Gasteiger partial charge in [0.1, 0.15) is 4.88 Å². The molecule has 0 radical (unpaired) electrons. The van der Waals surface area contributed by atoms with Crippen LogP contribution in [-0.2, 0) is 27.2 Å². The highest BCUT2D eigenvalue weighted by Crippen LogP contribution is 2.38. The Hall–Kier alpha value is -3.38. The summed E-state index contributed by atoms with van der Waals surface area (Å²) in [5, 5.41) is 3.96. The zero-order chi connectivity index (χ0) is 32.2. The molecule has 250 valence electrons. The van der Waals surface area contributed by atoms with Gasteiger partial charge >= 0.3 is 0 Å². The van der Waals surface area contributed by atoms with Gasteiger partial charge in [-0.2, -0.15) is 0 Å². The largest absolute Gasteiger partial charge is 0.493 e. The highest BCUT2D eigenvalue weighted by atomic mass is 32.1. The third kappa shape index (κ3) is 7.12. The van der Waals surface area contributed by atoms with E-state index in [1.54, 1.807) is 14.2 Å². The van der Waals surface area contributed by atoms with Gasteiger partial charge in [0.2, 0.25) is 11.8 Å². The highest BCUT2D eigenvalue weighted by molar-refractivity contribution is 7.17. The first-order valence-corrected chi connectivity index (χ1v) is 17.6. The fourth-order valence-corrected chi connectivity index (χ4v) is 8.77. The van der Waals surface area contributed by atoms with Crippen LogP contribution in [-0.4, -0.2) is 105 Å². The third-order valence-electron chi connectivity index (χ3n) is 9.93. The molecule has 1 N–H and O–H groups in total. The van der Waals surface area contributed by atoms with E-state index < -0.39 is 0 Å². The number of anilines is 1. The minimum Gasteiger partial charge on any atom is -0.493 e. The molecule has 4 bridgehead atoms. The minimum absolute atomic E-state index is 0.00695. The lowest BCUT2D eigenvalue weighted by atomic mass is 9.77. The number of carbonyl (C=O) groups is 3. The second-order valence-electron chi connectivity index (χ2n) is 13.0. The first-order chi connectivity index (χ1) is 22.3. The number of thiazole rings is 1. The standard InChI is InChI=1S/C34H47N5O6S/c1-22-32(46-34(36-22)37-12-14-45-15-13-37)33(42)38-19-24-17-26(21-38)27-7-4-8-29(40)35-11-5-6-25-16-23(9-10-30(41)39(27)20-24)18-28(43-2)31(25)44-3/h16,18,24,26-27H,4-15,17,19-21H2,1-3H3,(H,35,40)/t24-,26-,27-/m0/s1. The molecule has 0 unspecified atom stereocenters. The molecule has 3 fully saturated rings. The minimum atomic E-state index is -0.00695. The number of nitrogens with one attached hydrogen (secondary N) is 1. The number of aromatic nitrogens is 1. The fourth-order valence-electron chi connectivity index (χ4n) is 7.68. The predicted octanol–water partition coefficient (Wildman–Crippen LogP) is 3.46. The molecule has 11 nitrogen and oxygen atoms in total. The van der Waals surface area contributed by atoms with Crippen molar-refractivity contribution in [2.45, 2.75) is 64.3 Å². The van der Waals surface area contributed by atoms with Gasteiger partial charge in [-0.3, -0.25) is 14.4 Å². The van der Waals surface area contributed by atoms with Gasteiger partial charge in [-0.05, 0) is 74.5 Å². The predicted molar refractivity (Wildman–Crippen MR) is 176 cm³/mol. The molecular weight excluding hydrogens is 606 g/mol. The average molecular weight is 654 g/mol. The van der Waals surface area contributed by atoms with Crippen molar-refractivity contribution in [2.24, 2.45) is 11.8 Å². The monoisotopic (exact) mass is 653 g/mol. The first kappa shape index (κ1) is 32.6. The van der Waals surface area contributed by atoms with Gasteiger partial charge in [-0.25, -0.2) is 4.98 Å². The molecule has 1 aromatic carbocycles. The molecule has 4 aliphatic rings. The van der Waals surface area contributed by atoms with Crippen LogP contribution in [0.1, 0.15) is 65.0 Å². The maximum Gasteiger partial charge on any atom is 0.265 e. The summed E-state index contributed by atoms with van der Waals surface area (Å²) >= 11 is 1.48. The maximum absolute atomic E-state index is 13.9. The third-order valence-corrected chi connectivity index (χ3v) is 11.1. The van der Waals surface area contributed by atoms with Crippen LogP contribution in [0.25, 0.3) is 0 Å². The van der Waals surface area contributed by atoms with Crippen molar-refractivity contribution in [1.82, 2.24) is 20.1 Å². The van der Waals surface area contributed by atoms with Crippen molar-refractivity contribution in [3.8, 4) is 11.5 Å². The number of hydrogen-bond acceptors (Lipinski definition) is 9. The Morgan fingerprint density at radius 3 is 2.63 bits per heavy atom. The lowest BCUT2D eigenvalue weighted by molar-refractivity contribution is -0.140. The number of hydrogen-bond donors (Lipinski definition) is 1. The Bertz CT molecular complexity index is 1420. The zero-order valence-electron chi connectivity index (χ0n) is 27.3. The van der Waals surface area contributed by atoms with Crippen LogP contribution in [0.4, 0.5) is 5.13 Å². The molecular formula is C34H47N5O6S. The molecule has 4 aliphatic heterocycles. The SMILES string of the molecule is COc1cc2cc(c1OC)CCCNC(=O)CCC[C@H]1[C@H]3C[C@@H](CN(C(=O)c4sc(N5CCOCC5)nc4C)C3)CN1C(=O)CC2. The number of carbonyl (C=O) groups excluding carboxylic acids is 3. The van der Waals surface area contributed by atoms with Crippen molar-refractivity contribution in [3.05, 3.63) is 33.8 Å². The molecule has 0 saturated carbocycles. The fraction of sp³-hybridized carbons (Fsp3) is 0.647. The zero-order valence-corrected chi connectivity index (χ0v) is 28.2. The van der Waals surface area contributed by atoms with Crippen molar-refractivity contribution in [2.75, 3.05) is 71.6 Å². The van der Waals surface area contributed by atoms with Crippen molar-refractivity contribution >= 4 is 34.2 Å². The normalized spacial score (nSPS) is 24.7. The lowest BCUT2D eigenvalue weighted by Crippen LogP contribution is -2.60. The number of benzene rings is 1. The Labute approximate surface area is 275 Å². The van der Waals surface area contributed by atoms with E-state index in [0.29, 0.717) is 81.5 Å². The summed E-state index contributed by atoms with van der Waals surface area (Å²) in [6.07, 6.45) is 5.41. The highest BCUT2D eigenvalue weighted by Gasteiger charge is 2.44. The van der Waals surface area contributed by atoms with Crippen LogP contribution < -0.4 is 19.7 Å². The Kier molecular flexibility index (Phi) is 10.3. The van der Waals surface area contributed by atoms with E-state index in [9.17, 15) is 14.4 Å². The van der Waals surface area contributed by atoms with Gasteiger partial charge in [0, 0.05) is 58.2 Å². The molecule has 6 rings (SSSR count). The summed E-state index contributed by atoms with van der Waals surface area (Å²) in [6, 6.07) is 4.07. The summed E-state index contributed by atoms with van der Waals surface area (Å²) in [5.74, 6) is 1.98. The van der Waals surface area contributed by atoms with Crippen LogP contribution in [0.5, 0.6) is 11.5 Å². The number of piperidine rings is 2. The second kappa shape index (κ2) is 14.6. The molecule has 2 aromatic rings. The van der Waals surface area contributed by atoms with Gasteiger partial charge in [0.05, 0.1) is 33.1 Å². The summed E-state index contributed by atoms with van der Waals surface area (Å²) in [4.78, 5) is 52.4. The van der Waals surface area contributed by atoms with Crippen molar-refractivity contribution in [1.29, 1.82) is 0 Å². The molecule has 0 spiro atoms. The van der Waals surface area contributed by atoms with E-state index in [0.717, 1.165) is 60.7 Å². The molecule has 1 aromatic heterocycles. The lowest BCUT2D eigenvalue weighted by Gasteiger charge is -2.51. The smallest absolute Gasteiger partial charge is 0.265 e. The summed E-state index contributed by atoms with van der Waals surface area (Å²) in [6.45, 7) is 7.30. The van der Waals surface area contributed by atoms with Crippen molar-refractivity contribution in [3.63, 3.8) is 0 Å². The molecule has 3 saturated heterocycles. The van der Waals surface area contributed by atoms with E-state index >= 15 is 0 Å². The quantitative estimate of drug-likeness (QED) is 0.534. The van der Waals surface area contributed by atoms with Gasteiger partial charge in [0.25, 0.3) is 5.91 Å². The number of rotatable bonds is 4. The Morgan fingerprint density at radius 1 is 1.02 bits per heavy atom. The van der Waals surface area contributed by atoms with E-state index in [1.807, 2.05) is 17.9 Å². The number of methoxy groups -OCH3 is 2. The van der Waals surface area contributed by atoms with Crippen LogP contribution >= 0.6 is 11.3 Å². The molecule has 3 atom stereocenters. The van der Waals surface area contributed by atoms with Crippen LogP contribution in [0.2, 0.25) is 0 Å². The number of aryl methyl sites for hydroxylation is 3. The average Bonchev–Trinajstić information content (AvgIpc) is 3.46. The van der Waals surface area contributed by atoms with Gasteiger partial charge in [0.15, 0.2) is 16.6 Å². The molecule has 5 heterocycles. The maximum atomic E-state index is 13.9. The van der Waals surface area contributed by atoms with Crippen molar-refractivity contribution < 1.29 is 28.6 Å². The van der Waals surface area contributed by atoms with Gasteiger partial charge in [-0.15, -0.1) is 0 Å². The molecule has 0 aliphatic carbocycles. The summed E-state index contributed by atoms with van der Waals surface area (Å²) in [5.41, 5.74) is 2.84. The first-order valence-electron chi connectivity index (χ1n) is 16.7. The van der Waals surface area contributed by atoms with E-state index in [4.69, 9.17) is 19.2 Å². The number of ether oxygens (including phenoxy) is 3. The number of likely N-dealkylation sites (tertiary alicyclic amines) is 1. The Morgan fingerprint density at radius 2 is 1.85 bits per heavy atom. The second-order valence-corrected chi connectivity index (χ2v) is 14.0. The number of nitrogens with zero attached hydrogens (tertiary/aromatic N) is 4. The topological polar surface area (TPSA) is 114 Å². The summed E-state index contributed by atoms with van der Waals surface area (Å²) < 4.78 is 16.8. The van der Waals surface area contributed by atoms with E-state index in [-0.39, 0.29) is 35.6 Å². The number of morpholine rings is 1. The molecule has 12 heteroatoms. The van der Waals surface area contributed by atoms with E-state index in [2.05, 4.69) is 21.2 Å². The van der Waals surface area contributed by atoms with Crippen LogP contribution in [0.15, 0.2) is 12.1 Å². The van der Waals surface area contributed by atoms with Gasteiger partial charge < -0.3 is 34.2 Å². The molecule has 46 heavy (non-hydrogen) atoms. The van der Waals surface area contributed by atoms with Gasteiger partial charge in [-0.1, -0.05) is 17.4 Å².